The minimum Gasteiger partial charge on any atom is -0.496 e. The Balaban J connectivity index is 2.34. The Morgan fingerprint density at radius 3 is 2.67 bits per heavy atom. The van der Waals surface area contributed by atoms with Crippen LogP contribution >= 0.6 is 0 Å². The van der Waals surface area contributed by atoms with Crippen molar-refractivity contribution in [3.8, 4) is 5.75 Å². The maximum Gasteiger partial charge on any atom is 0.235 e. The van der Waals surface area contributed by atoms with Gasteiger partial charge in [0, 0.05) is 5.56 Å². The molecule has 1 aliphatic carbocycles. The van der Waals surface area contributed by atoms with Crippen molar-refractivity contribution in [3.63, 3.8) is 0 Å². The number of rotatable bonds is 3. The highest BCUT2D eigenvalue weighted by atomic mass is 16.5. The molecule has 0 heterocycles. The lowest BCUT2D eigenvalue weighted by molar-refractivity contribution is 0.405. The quantitative estimate of drug-likeness (QED) is 0.609. The molecule has 0 N–H and O–H groups in total. The average molecular weight is 239 g/mol. The van der Waals surface area contributed by atoms with E-state index in [2.05, 4.69) is 11.1 Å². The minimum absolute atomic E-state index is 0.409. The predicted octanol–water partition coefficient (Wildman–Crippen LogP) is 3.17. The zero-order chi connectivity index (χ0) is 12.6. The Labute approximate surface area is 105 Å². The second-order valence-electron chi connectivity index (χ2n) is 4.60. The Kier molecular flexibility index (Phi) is 2.42. The van der Waals surface area contributed by atoms with Crippen molar-refractivity contribution in [2.45, 2.75) is 18.4 Å². The minimum atomic E-state index is -0.409. The molecular formula is C15H13NO2. The van der Waals surface area contributed by atoms with Gasteiger partial charge >= 0.3 is 0 Å². The van der Waals surface area contributed by atoms with E-state index in [0.29, 0.717) is 0 Å². The van der Waals surface area contributed by atoms with Crippen LogP contribution in [-0.2, 0) is 10.3 Å². The van der Waals surface area contributed by atoms with Crippen LogP contribution in [-0.4, -0.2) is 13.2 Å². The average Bonchev–Trinajstić information content (AvgIpc) is 3.18. The molecule has 0 saturated heterocycles. The molecule has 0 bridgehead atoms. The smallest absolute Gasteiger partial charge is 0.235 e. The number of methoxy groups -OCH3 is 1. The second-order valence-corrected chi connectivity index (χ2v) is 4.60. The molecule has 0 aromatic heterocycles. The van der Waals surface area contributed by atoms with Gasteiger partial charge in [-0.3, -0.25) is 0 Å². The molecular weight excluding hydrogens is 226 g/mol. The molecule has 0 spiro atoms. The van der Waals surface area contributed by atoms with E-state index in [0.717, 1.165) is 34.9 Å². The molecule has 0 atom stereocenters. The lowest BCUT2D eigenvalue weighted by Gasteiger charge is -2.16. The van der Waals surface area contributed by atoms with Gasteiger partial charge in [-0.2, -0.15) is 4.99 Å². The van der Waals surface area contributed by atoms with Crippen LogP contribution in [0.3, 0.4) is 0 Å². The summed E-state index contributed by atoms with van der Waals surface area (Å²) in [5.41, 5.74) is 0.611. The molecule has 0 radical (unpaired) electrons. The third-order valence-electron chi connectivity index (χ3n) is 3.56. The van der Waals surface area contributed by atoms with Gasteiger partial charge in [-0.25, -0.2) is 4.79 Å². The Hall–Kier alpha value is -2.12. The van der Waals surface area contributed by atoms with Gasteiger partial charge in [-0.15, -0.1) is 0 Å². The van der Waals surface area contributed by atoms with Crippen molar-refractivity contribution in [1.29, 1.82) is 0 Å². The fraction of sp³-hybridized carbons (Fsp3) is 0.267. The Morgan fingerprint density at radius 1 is 1.22 bits per heavy atom. The number of fused-ring (bicyclic) bond motifs is 1. The van der Waals surface area contributed by atoms with Gasteiger partial charge in [-0.05, 0) is 29.7 Å². The van der Waals surface area contributed by atoms with E-state index >= 15 is 0 Å². The normalized spacial score (nSPS) is 16.1. The number of nitrogens with zero attached hydrogens (tertiary/aromatic N) is 1. The molecule has 3 heteroatoms. The molecule has 2 aromatic carbocycles. The highest BCUT2D eigenvalue weighted by Gasteiger charge is 2.47. The molecule has 90 valence electrons. The third-order valence-corrected chi connectivity index (χ3v) is 3.56. The number of carbonyl (C=O) groups excluding carboxylic acids is 1. The van der Waals surface area contributed by atoms with E-state index in [-0.39, 0.29) is 0 Å². The van der Waals surface area contributed by atoms with Crippen molar-refractivity contribution in [1.82, 2.24) is 0 Å². The first-order chi connectivity index (χ1) is 8.80. The van der Waals surface area contributed by atoms with Crippen LogP contribution in [0.25, 0.3) is 10.8 Å². The number of ether oxygens (including phenoxy) is 1. The summed E-state index contributed by atoms with van der Waals surface area (Å²) < 4.78 is 5.44. The summed E-state index contributed by atoms with van der Waals surface area (Å²) in [7, 11) is 1.65. The Morgan fingerprint density at radius 2 is 2.00 bits per heavy atom. The Bertz CT molecular complexity index is 653. The van der Waals surface area contributed by atoms with Crippen molar-refractivity contribution in [2.24, 2.45) is 4.99 Å². The molecule has 3 nitrogen and oxygen atoms in total. The van der Waals surface area contributed by atoms with Crippen LogP contribution < -0.4 is 4.74 Å². The lowest BCUT2D eigenvalue weighted by atomic mass is 9.96. The highest BCUT2D eigenvalue weighted by Crippen LogP contribution is 2.54. The molecule has 2 aromatic rings. The second kappa shape index (κ2) is 3.97. The monoisotopic (exact) mass is 239 g/mol. The van der Waals surface area contributed by atoms with E-state index in [1.165, 1.54) is 0 Å². The molecule has 0 amide bonds. The fourth-order valence-corrected chi connectivity index (χ4v) is 2.53. The van der Waals surface area contributed by atoms with Crippen molar-refractivity contribution >= 4 is 16.9 Å². The lowest BCUT2D eigenvalue weighted by Crippen LogP contribution is -2.06. The van der Waals surface area contributed by atoms with E-state index in [9.17, 15) is 4.79 Å². The summed E-state index contributed by atoms with van der Waals surface area (Å²) in [6.07, 6.45) is 3.47. The van der Waals surface area contributed by atoms with Crippen LogP contribution in [0.1, 0.15) is 18.4 Å². The molecule has 0 unspecified atom stereocenters. The number of hydrogen-bond donors (Lipinski definition) is 0. The van der Waals surface area contributed by atoms with Gasteiger partial charge in [0.15, 0.2) is 0 Å². The van der Waals surface area contributed by atoms with Crippen molar-refractivity contribution < 1.29 is 9.53 Å². The van der Waals surface area contributed by atoms with Gasteiger partial charge in [0.25, 0.3) is 0 Å². The first-order valence-electron chi connectivity index (χ1n) is 5.96. The van der Waals surface area contributed by atoms with Gasteiger partial charge in [-0.1, -0.05) is 30.3 Å². The van der Waals surface area contributed by atoms with Gasteiger partial charge < -0.3 is 4.74 Å². The van der Waals surface area contributed by atoms with Crippen LogP contribution in [0.2, 0.25) is 0 Å². The number of benzene rings is 2. The zero-order valence-corrected chi connectivity index (χ0v) is 10.1. The van der Waals surface area contributed by atoms with Gasteiger partial charge in [0.1, 0.15) is 11.3 Å². The molecule has 1 fully saturated rings. The van der Waals surface area contributed by atoms with Crippen LogP contribution in [0.5, 0.6) is 5.75 Å². The SMILES string of the molecule is COc1ccc2ccccc2c1C1(N=C=O)CC1. The summed E-state index contributed by atoms with van der Waals surface area (Å²) in [6, 6.07) is 12.1. The topological polar surface area (TPSA) is 38.7 Å². The summed E-state index contributed by atoms with van der Waals surface area (Å²) >= 11 is 0. The molecule has 1 aliphatic rings. The number of hydrogen-bond acceptors (Lipinski definition) is 3. The largest absolute Gasteiger partial charge is 0.496 e. The van der Waals surface area contributed by atoms with E-state index in [4.69, 9.17) is 4.74 Å². The summed E-state index contributed by atoms with van der Waals surface area (Å²) in [5.74, 6) is 0.796. The molecule has 3 rings (SSSR count). The van der Waals surface area contributed by atoms with Crippen LogP contribution in [0.15, 0.2) is 41.4 Å². The van der Waals surface area contributed by atoms with E-state index in [1.807, 2.05) is 30.3 Å². The number of aliphatic imine (C=N–C) groups is 1. The molecule has 18 heavy (non-hydrogen) atoms. The van der Waals surface area contributed by atoms with Crippen LogP contribution in [0.4, 0.5) is 0 Å². The molecule has 1 saturated carbocycles. The van der Waals surface area contributed by atoms with Gasteiger partial charge in [0.05, 0.1) is 7.11 Å². The first-order valence-corrected chi connectivity index (χ1v) is 5.96. The predicted molar refractivity (Wildman–Crippen MR) is 69.5 cm³/mol. The maximum atomic E-state index is 10.6. The van der Waals surface area contributed by atoms with Crippen molar-refractivity contribution in [3.05, 3.63) is 42.0 Å². The van der Waals surface area contributed by atoms with Crippen LogP contribution in [0, 0.1) is 0 Å². The van der Waals surface area contributed by atoms with Crippen molar-refractivity contribution in [2.75, 3.05) is 7.11 Å². The first kappa shape index (κ1) is 11.0. The highest BCUT2D eigenvalue weighted by molar-refractivity contribution is 5.89. The molecule has 0 aliphatic heterocycles. The van der Waals surface area contributed by atoms with Gasteiger partial charge in [0.2, 0.25) is 6.08 Å². The standard InChI is InChI=1S/C15H13NO2/c1-18-13-7-6-11-4-2-3-5-12(11)14(13)15(8-9-15)16-10-17/h2-7H,8-9H2,1H3. The maximum absolute atomic E-state index is 10.6. The third kappa shape index (κ3) is 1.52. The summed E-state index contributed by atoms with van der Waals surface area (Å²) in [6.45, 7) is 0. The van der Waals surface area contributed by atoms with E-state index < -0.39 is 5.54 Å². The summed E-state index contributed by atoms with van der Waals surface area (Å²) in [5, 5.41) is 2.24. The zero-order valence-electron chi connectivity index (χ0n) is 10.1. The fourth-order valence-electron chi connectivity index (χ4n) is 2.53. The summed E-state index contributed by atoms with van der Waals surface area (Å²) in [4.78, 5) is 14.6. The van der Waals surface area contributed by atoms with E-state index in [1.54, 1.807) is 13.2 Å². The number of isocyanates is 1.